The number of hydrogen-bond donors (Lipinski definition) is 2. The highest BCUT2D eigenvalue weighted by Crippen LogP contribution is 2.11. The Morgan fingerprint density at radius 2 is 2.06 bits per heavy atom. The van der Waals surface area contributed by atoms with Crippen molar-refractivity contribution in [3.05, 3.63) is 35.9 Å². The molecule has 0 heterocycles. The summed E-state index contributed by atoms with van der Waals surface area (Å²) in [5.74, 6) is -0.0429. The molecule has 0 aliphatic heterocycles. The van der Waals surface area contributed by atoms with Gasteiger partial charge in [-0.05, 0) is 12.5 Å². The molecule has 3 N–H and O–H groups in total. The Morgan fingerprint density at radius 3 is 2.59 bits per heavy atom. The van der Waals surface area contributed by atoms with E-state index in [2.05, 4.69) is 5.32 Å². The Labute approximate surface area is 102 Å². The van der Waals surface area contributed by atoms with E-state index in [1.54, 1.807) is 7.11 Å². The highest BCUT2D eigenvalue weighted by atomic mass is 16.5. The third-order valence-electron chi connectivity index (χ3n) is 2.69. The molecule has 0 saturated heterocycles. The lowest BCUT2D eigenvalue weighted by atomic mass is 10.1. The van der Waals surface area contributed by atoms with Gasteiger partial charge in [0.25, 0.3) is 0 Å². The predicted molar refractivity (Wildman–Crippen MR) is 67.5 cm³/mol. The summed E-state index contributed by atoms with van der Waals surface area (Å²) >= 11 is 0. The van der Waals surface area contributed by atoms with Gasteiger partial charge in [-0.25, -0.2) is 0 Å². The minimum absolute atomic E-state index is 0.000944. The molecule has 0 spiro atoms. The minimum Gasteiger partial charge on any atom is -0.380 e. The zero-order valence-corrected chi connectivity index (χ0v) is 10.3. The van der Waals surface area contributed by atoms with Gasteiger partial charge in [-0.1, -0.05) is 30.3 Å². The zero-order valence-electron chi connectivity index (χ0n) is 10.3. The number of amides is 1. The van der Waals surface area contributed by atoms with Crippen LogP contribution in [0.3, 0.4) is 0 Å². The third kappa shape index (κ3) is 4.54. The van der Waals surface area contributed by atoms with Gasteiger partial charge in [-0.2, -0.15) is 0 Å². The van der Waals surface area contributed by atoms with Crippen molar-refractivity contribution in [1.82, 2.24) is 5.32 Å². The number of carbonyl (C=O) groups excluding carboxylic acids is 1. The lowest BCUT2D eigenvalue weighted by Gasteiger charge is -2.17. The maximum atomic E-state index is 11.7. The average Bonchev–Trinajstić information content (AvgIpc) is 2.37. The van der Waals surface area contributed by atoms with Gasteiger partial charge in [-0.15, -0.1) is 0 Å². The van der Waals surface area contributed by atoms with E-state index in [4.69, 9.17) is 10.5 Å². The van der Waals surface area contributed by atoms with E-state index in [1.165, 1.54) is 0 Å². The lowest BCUT2D eigenvalue weighted by molar-refractivity contribution is -0.124. The quantitative estimate of drug-likeness (QED) is 0.780. The van der Waals surface area contributed by atoms with Gasteiger partial charge < -0.3 is 15.8 Å². The first kappa shape index (κ1) is 13.7. The van der Waals surface area contributed by atoms with Crippen LogP contribution in [0.15, 0.2) is 30.3 Å². The first-order valence-electron chi connectivity index (χ1n) is 5.74. The molecule has 1 amide bonds. The van der Waals surface area contributed by atoms with Crippen molar-refractivity contribution in [2.45, 2.75) is 25.5 Å². The van der Waals surface area contributed by atoms with E-state index >= 15 is 0 Å². The van der Waals surface area contributed by atoms with Crippen LogP contribution >= 0.6 is 0 Å². The monoisotopic (exact) mass is 236 g/mol. The van der Waals surface area contributed by atoms with Crippen molar-refractivity contribution in [1.29, 1.82) is 0 Å². The van der Waals surface area contributed by atoms with Crippen LogP contribution in [0, 0.1) is 0 Å². The standard InChI is InChI=1S/C13H20N2O2/c1-10(11-6-4-3-5-7-11)15-13(16)8-12(9-14)17-2/h3-7,10,12H,8-9,14H2,1-2H3,(H,15,16). The number of hydrogen-bond acceptors (Lipinski definition) is 3. The molecule has 0 aliphatic carbocycles. The minimum atomic E-state index is -0.210. The third-order valence-corrected chi connectivity index (χ3v) is 2.69. The summed E-state index contributed by atoms with van der Waals surface area (Å²) in [6.45, 7) is 2.31. The molecule has 1 aromatic rings. The van der Waals surface area contributed by atoms with E-state index in [9.17, 15) is 4.79 Å². The van der Waals surface area contributed by atoms with E-state index in [-0.39, 0.29) is 18.1 Å². The van der Waals surface area contributed by atoms with Gasteiger partial charge in [0.1, 0.15) is 0 Å². The molecule has 2 atom stereocenters. The second-order valence-corrected chi connectivity index (χ2v) is 4.00. The molecule has 17 heavy (non-hydrogen) atoms. The van der Waals surface area contributed by atoms with Crippen molar-refractivity contribution in [2.24, 2.45) is 5.73 Å². The summed E-state index contributed by atoms with van der Waals surface area (Å²) in [6, 6.07) is 9.83. The summed E-state index contributed by atoms with van der Waals surface area (Å²) in [5.41, 5.74) is 6.55. The van der Waals surface area contributed by atoms with Gasteiger partial charge in [0.2, 0.25) is 5.91 Å². The van der Waals surface area contributed by atoms with Crippen molar-refractivity contribution >= 4 is 5.91 Å². The second kappa shape index (κ2) is 7.04. The van der Waals surface area contributed by atoms with Crippen molar-refractivity contribution in [3.63, 3.8) is 0 Å². The van der Waals surface area contributed by atoms with E-state index in [0.29, 0.717) is 13.0 Å². The molecule has 0 aliphatic rings. The van der Waals surface area contributed by atoms with Crippen LogP contribution in [0.4, 0.5) is 0 Å². The zero-order chi connectivity index (χ0) is 12.7. The molecule has 4 heteroatoms. The number of nitrogens with two attached hydrogens (primary N) is 1. The van der Waals surface area contributed by atoms with E-state index < -0.39 is 0 Å². The molecular weight excluding hydrogens is 216 g/mol. The largest absolute Gasteiger partial charge is 0.380 e. The first-order chi connectivity index (χ1) is 8.17. The van der Waals surface area contributed by atoms with Crippen LogP contribution in [-0.2, 0) is 9.53 Å². The summed E-state index contributed by atoms with van der Waals surface area (Å²) in [6.07, 6.45) is 0.0856. The summed E-state index contributed by atoms with van der Waals surface area (Å²) in [5, 5.41) is 2.92. The number of carbonyl (C=O) groups is 1. The summed E-state index contributed by atoms with van der Waals surface area (Å²) in [4.78, 5) is 11.7. The molecule has 0 aromatic heterocycles. The van der Waals surface area contributed by atoms with Gasteiger partial charge in [-0.3, -0.25) is 4.79 Å². The van der Waals surface area contributed by atoms with Gasteiger partial charge in [0, 0.05) is 13.7 Å². The normalized spacial score (nSPS) is 14.1. The first-order valence-corrected chi connectivity index (χ1v) is 5.74. The topological polar surface area (TPSA) is 64.3 Å². The Balaban J connectivity index is 2.46. The highest BCUT2D eigenvalue weighted by molar-refractivity contribution is 5.76. The van der Waals surface area contributed by atoms with Crippen molar-refractivity contribution in [3.8, 4) is 0 Å². The fourth-order valence-corrected chi connectivity index (χ4v) is 1.60. The molecule has 1 aromatic carbocycles. The number of rotatable bonds is 6. The maximum Gasteiger partial charge on any atom is 0.223 e. The highest BCUT2D eigenvalue weighted by Gasteiger charge is 2.14. The van der Waals surface area contributed by atoms with Crippen LogP contribution in [0.5, 0.6) is 0 Å². The molecule has 94 valence electrons. The van der Waals surface area contributed by atoms with E-state index in [1.807, 2.05) is 37.3 Å². The molecule has 0 fully saturated rings. The lowest BCUT2D eigenvalue weighted by Crippen LogP contribution is -2.33. The fourth-order valence-electron chi connectivity index (χ4n) is 1.60. The summed E-state index contributed by atoms with van der Waals surface area (Å²) in [7, 11) is 1.56. The Kier molecular flexibility index (Phi) is 5.66. The number of ether oxygens (including phenoxy) is 1. The van der Waals surface area contributed by atoms with Crippen LogP contribution in [0.1, 0.15) is 24.9 Å². The molecule has 0 saturated carbocycles. The van der Waals surface area contributed by atoms with Gasteiger partial charge in [0.15, 0.2) is 0 Å². The number of nitrogens with one attached hydrogen (secondary N) is 1. The molecule has 0 bridgehead atoms. The maximum absolute atomic E-state index is 11.7. The summed E-state index contributed by atoms with van der Waals surface area (Å²) < 4.78 is 5.07. The van der Waals surface area contributed by atoms with Gasteiger partial charge >= 0.3 is 0 Å². The fraction of sp³-hybridized carbons (Fsp3) is 0.462. The predicted octanol–water partition coefficient (Wildman–Crippen LogP) is 1.23. The Morgan fingerprint density at radius 1 is 1.41 bits per heavy atom. The molecule has 1 rings (SSSR count). The average molecular weight is 236 g/mol. The molecule has 0 radical (unpaired) electrons. The van der Waals surface area contributed by atoms with Crippen LogP contribution in [-0.4, -0.2) is 25.7 Å². The van der Waals surface area contributed by atoms with Crippen LogP contribution in [0.25, 0.3) is 0 Å². The molecule has 2 unspecified atom stereocenters. The molecule has 4 nitrogen and oxygen atoms in total. The van der Waals surface area contributed by atoms with E-state index in [0.717, 1.165) is 5.56 Å². The Bertz CT molecular complexity index is 337. The SMILES string of the molecule is COC(CN)CC(=O)NC(C)c1ccccc1. The Hall–Kier alpha value is -1.39. The van der Waals surface area contributed by atoms with Crippen molar-refractivity contribution < 1.29 is 9.53 Å². The molecular formula is C13H20N2O2. The van der Waals surface area contributed by atoms with Crippen molar-refractivity contribution in [2.75, 3.05) is 13.7 Å². The van der Waals surface area contributed by atoms with Crippen LogP contribution in [0.2, 0.25) is 0 Å². The smallest absolute Gasteiger partial charge is 0.223 e. The number of benzene rings is 1. The van der Waals surface area contributed by atoms with Gasteiger partial charge in [0.05, 0.1) is 18.6 Å². The number of methoxy groups -OCH3 is 1. The van der Waals surface area contributed by atoms with Crippen LogP contribution < -0.4 is 11.1 Å². The second-order valence-electron chi connectivity index (χ2n) is 4.00.